The number of para-hydroxylation sites is 2. The van der Waals surface area contributed by atoms with Crippen LogP contribution in [-0.4, -0.2) is 79.2 Å². The van der Waals surface area contributed by atoms with Crippen LogP contribution >= 0.6 is 0 Å². The van der Waals surface area contributed by atoms with Gasteiger partial charge in [0, 0.05) is 38.9 Å². The lowest BCUT2D eigenvalue weighted by Gasteiger charge is -2.36. The fourth-order valence-electron chi connectivity index (χ4n) is 3.77. The zero-order chi connectivity index (χ0) is 20.1. The van der Waals surface area contributed by atoms with Gasteiger partial charge < -0.3 is 19.3 Å². The minimum absolute atomic E-state index is 0.140. The summed E-state index contributed by atoms with van der Waals surface area (Å²) in [7, 11) is 0. The molecule has 1 aromatic carbocycles. The van der Waals surface area contributed by atoms with Gasteiger partial charge in [-0.15, -0.1) is 0 Å². The van der Waals surface area contributed by atoms with Crippen molar-refractivity contribution in [3.8, 4) is 11.5 Å². The molecule has 7 nitrogen and oxygen atoms in total. The highest BCUT2D eigenvalue weighted by Crippen LogP contribution is 2.31. The van der Waals surface area contributed by atoms with E-state index in [0.29, 0.717) is 26.2 Å². The molecule has 0 N–H and O–H groups in total. The highest BCUT2D eigenvalue weighted by atomic mass is 16.6. The van der Waals surface area contributed by atoms with Gasteiger partial charge >= 0.3 is 0 Å². The Hall–Kier alpha value is -2.80. The molecule has 29 heavy (non-hydrogen) atoms. The van der Waals surface area contributed by atoms with Gasteiger partial charge in [0.25, 0.3) is 0 Å². The number of aromatic nitrogens is 1. The van der Waals surface area contributed by atoms with Crippen LogP contribution in [0.15, 0.2) is 48.7 Å². The fourth-order valence-corrected chi connectivity index (χ4v) is 3.77. The average molecular weight is 396 g/mol. The molecule has 0 spiro atoms. The number of hydrogen-bond donors (Lipinski definition) is 0. The second-order valence-electron chi connectivity index (χ2n) is 7.38. The molecule has 2 aliphatic rings. The van der Waals surface area contributed by atoms with E-state index < -0.39 is 0 Å². The van der Waals surface area contributed by atoms with Crippen molar-refractivity contribution in [1.82, 2.24) is 14.8 Å². The summed E-state index contributed by atoms with van der Waals surface area (Å²) in [5.41, 5.74) is 0. The van der Waals surface area contributed by atoms with Crippen molar-refractivity contribution in [3.63, 3.8) is 0 Å². The predicted octanol–water partition coefficient (Wildman–Crippen LogP) is 1.89. The molecular formula is C22H28N4O3. The number of hydrogen-bond acceptors (Lipinski definition) is 6. The quantitative estimate of drug-likeness (QED) is 0.743. The zero-order valence-electron chi connectivity index (χ0n) is 16.9. The number of carbonyl (C=O) groups is 1. The van der Waals surface area contributed by atoms with Crippen molar-refractivity contribution in [1.29, 1.82) is 0 Å². The van der Waals surface area contributed by atoms with Gasteiger partial charge in [0.15, 0.2) is 17.6 Å². The summed E-state index contributed by atoms with van der Waals surface area (Å²) in [6.45, 7) is 7.59. The van der Waals surface area contributed by atoms with Gasteiger partial charge in [-0.1, -0.05) is 18.2 Å². The van der Waals surface area contributed by atoms with Crippen LogP contribution in [0.2, 0.25) is 0 Å². The molecule has 1 saturated heterocycles. The molecule has 4 rings (SSSR count). The Bertz CT molecular complexity index is 809. The smallest absolute Gasteiger partial charge is 0.236 e. The topological polar surface area (TPSA) is 58.1 Å². The minimum atomic E-state index is -0.144. The number of pyridine rings is 1. The maximum absolute atomic E-state index is 12.9. The van der Waals surface area contributed by atoms with Gasteiger partial charge in [-0.25, -0.2) is 4.98 Å². The molecule has 3 heterocycles. The Labute approximate surface area is 171 Å². The summed E-state index contributed by atoms with van der Waals surface area (Å²) in [5.74, 6) is 2.66. The number of carbonyl (C=O) groups excluding carboxylic acids is 1. The van der Waals surface area contributed by atoms with Crippen LogP contribution in [0, 0.1) is 0 Å². The number of ether oxygens (including phenoxy) is 2. The van der Waals surface area contributed by atoms with E-state index in [1.54, 1.807) is 0 Å². The number of rotatable bonds is 6. The molecule has 0 radical (unpaired) electrons. The van der Waals surface area contributed by atoms with Crippen LogP contribution in [-0.2, 0) is 4.79 Å². The van der Waals surface area contributed by atoms with Crippen LogP contribution in [0.5, 0.6) is 11.5 Å². The SMILES string of the molecule is CCN(C[C@H]1COc2ccccc2O1)C(=O)CN1CCN(c2ccccn2)CC1. The first-order chi connectivity index (χ1) is 14.2. The third-order valence-electron chi connectivity index (χ3n) is 5.43. The van der Waals surface area contributed by atoms with E-state index in [-0.39, 0.29) is 12.0 Å². The Kier molecular flexibility index (Phi) is 6.14. The highest BCUT2D eigenvalue weighted by molar-refractivity contribution is 5.78. The van der Waals surface area contributed by atoms with Gasteiger partial charge in [0.2, 0.25) is 5.91 Å². The molecule has 2 aromatic rings. The second-order valence-corrected chi connectivity index (χ2v) is 7.38. The van der Waals surface area contributed by atoms with Crippen molar-refractivity contribution in [2.75, 3.05) is 57.3 Å². The number of likely N-dealkylation sites (N-methyl/N-ethyl adjacent to an activating group) is 1. The number of piperazine rings is 1. The van der Waals surface area contributed by atoms with Gasteiger partial charge in [0.1, 0.15) is 12.4 Å². The Morgan fingerprint density at radius 3 is 2.59 bits per heavy atom. The van der Waals surface area contributed by atoms with Crippen LogP contribution in [0.3, 0.4) is 0 Å². The summed E-state index contributed by atoms with van der Waals surface area (Å²) in [6, 6.07) is 13.6. The van der Waals surface area contributed by atoms with E-state index in [9.17, 15) is 4.79 Å². The second kappa shape index (κ2) is 9.13. The van der Waals surface area contributed by atoms with Crippen LogP contribution < -0.4 is 14.4 Å². The zero-order valence-corrected chi connectivity index (χ0v) is 16.9. The molecule has 1 amide bonds. The molecule has 7 heteroatoms. The summed E-state index contributed by atoms with van der Waals surface area (Å²) < 4.78 is 11.8. The van der Waals surface area contributed by atoms with E-state index >= 15 is 0 Å². The summed E-state index contributed by atoms with van der Waals surface area (Å²) in [6.07, 6.45) is 1.68. The average Bonchev–Trinajstić information content (AvgIpc) is 2.78. The Morgan fingerprint density at radius 1 is 1.10 bits per heavy atom. The van der Waals surface area contributed by atoms with Crippen molar-refractivity contribution >= 4 is 11.7 Å². The number of anilines is 1. The van der Waals surface area contributed by atoms with Crippen molar-refractivity contribution in [2.24, 2.45) is 0 Å². The monoisotopic (exact) mass is 396 g/mol. The maximum Gasteiger partial charge on any atom is 0.236 e. The highest BCUT2D eigenvalue weighted by Gasteiger charge is 2.26. The summed E-state index contributed by atoms with van der Waals surface area (Å²) >= 11 is 0. The molecule has 2 aliphatic heterocycles. The number of amides is 1. The lowest BCUT2D eigenvalue weighted by atomic mass is 10.2. The molecule has 0 unspecified atom stereocenters. The fraction of sp³-hybridized carbons (Fsp3) is 0.455. The van der Waals surface area contributed by atoms with E-state index in [1.807, 2.05) is 60.5 Å². The van der Waals surface area contributed by atoms with E-state index in [4.69, 9.17) is 9.47 Å². The lowest BCUT2D eigenvalue weighted by molar-refractivity contribution is -0.133. The molecule has 0 aliphatic carbocycles. The van der Waals surface area contributed by atoms with E-state index in [0.717, 1.165) is 43.5 Å². The molecular weight excluding hydrogens is 368 g/mol. The van der Waals surface area contributed by atoms with Crippen LogP contribution in [0.1, 0.15) is 6.92 Å². The van der Waals surface area contributed by atoms with Gasteiger partial charge in [-0.05, 0) is 31.2 Å². The molecule has 1 atom stereocenters. The van der Waals surface area contributed by atoms with Gasteiger partial charge in [0.05, 0.1) is 13.1 Å². The van der Waals surface area contributed by atoms with Crippen molar-refractivity contribution < 1.29 is 14.3 Å². The first-order valence-corrected chi connectivity index (χ1v) is 10.3. The molecule has 0 bridgehead atoms. The lowest BCUT2D eigenvalue weighted by Crippen LogP contribution is -2.51. The third kappa shape index (κ3) is 4.79. The van der Waals surface area contributed by atoms with Crippen LogP contribution in [0.25, 0.3) is 0 Å². The number of benzene rings is 1. The van der Waals surface area contributed by atoms with Gasteiger partial charge in [-0.2, -0.15) is 0 Å². The van der Waals surface area contributed by atoms with Crippen LogP contribution in [0.4, 0.5) is 5.82 Å². The molecule has 0 saturated carbocycles. The van der Waals surface area contributed by atoms with Crippen molar-refractivity contribution in [3.05, 3.63) is 48.7 Å². The number of fused-ring (bicyclic) bond motifs is 1. The standard InChI is InChI=1S/C22H28N4O3/c1-2-25(15-18-17-28-19-7-3-4-8-20(19)29-18)22(27)16-24-11-13-26(14-12-24)21-9-5-6-10-23-21/h3-10,18H,2,11-17H2,1H3/t18-/m0/s1. The third-order valence-corrected chi connectivity index (χ3v) is 5.43. The molecule has 1 fully saturated rings. The van der Waals surface area contributed by atoms with E-state index in [1.165, 1.54) is 0 Å². The summed E-state index contributed by atoms with van der Waals surface area (Å²) in [5, 5.41) is 0. The van der Waals surface area contributed by atoms with E-state index in [2.05, 4.69) is 14.8 Å². The summed E-state index contributed by atoms with van der Waals surface area (Å²) in [4.78, 5) is 23.6. The normalized spacial score (nSPS) is 19.1. The Morgan fingerprint density at radius 2 is 1.86 bits per heavy atom. The van der Waals surface area contributed by atoms with Gasteiger partial charge in [-0.3, -0.25) is 9.69 Å². The van der Waals surface area contributed by atoms with Crippen molar-refractivity contribution in [2.45, 2.75) is 13.0 Å². The number of nitrogens with zero attached hydrogens (tertiary/aromatic N) is 4. The molecule has 154 valence electrons. The molecule has 1 aromatic heterocycles. The first-order valence-electron chi connectivity index (χ1n) is 10.3. The predicted molar refractivity (Wildman–Crippen MR) is 111 cm³/mol. The Balaban J connectivity index is 1.26. The first kappa shape index (κ1) is 19.5. The largest absolute Gasteiger partial charge is 0.486 e. The minimum Gasteiger partial charge on any atom is -0.486 e. The maximum atomic E-state index is 12.9.